The molecule has 0 aliphatic heterocycles. The Bertz CT molecular complexity index is 506. The van der Waals surface area contributed by atoms with Crippen LogP contribution in [0.4, 0.5) is 5.69 Å². The SMILES string of the molecule is COc1ccc(C)cc1NC(=O)C[N+](C)(C)C1CCCC1. The van der Waals surface area contributed by atoms with Gasteiger partial charge < -0.3 is 14.5 Å². The Hall–Kier alpha value is -1.55. The molecule has 0 aromatic heterocycles. The molecule has 0 bridgehead atoms. The summed E-state index contributed by atoms with van der Waals surface area (Å²) in [6.45, 7) is 2.51. The first-order valence-corrected chi connectivity index (χ1v) is 7.69. The first kappa shape index (κ1) is 15.8. The lowest BCUT2D eigenvalue weighted by Gasteiger charge is -2.35. The van der Waals surface area contributed by atoms with Crippen molar-refractivity contribution in [3.05, 3.63) is 23.8 Å². The molecule has 1 aromatic rings. The number of amides is 1. The summed E-state index contributed by atoms with van der Waals surface area (Å²) in [7, 11) is 5.94. The van der Waals surface area contributed by atoms with Crippen molar-refractivity contribution in [3.8, 4) is 5.75 Å². The summed E-state index contributed by atoms with van der Waals surface area (Å²) in [5.41, 5.74) is 1.87. The molecule has 116 valence electrons. The van der Waals surface area contributed by atoms with Gasteiger partial charge in [-0.05, 0) is 50.3 Å². The number of quaternary nitrogens is 1. The average Bonchev–Trinajstić information content (AvgIpc) is 2.92. The summed E-state index contributed by atoms with van der Waals surface area (Å²) >= 11 is 0. The van der Waals surface area contributed by atoms with Gasteiger partial charge in [-0.25, -0.2) is 0 Å². The van der Waals surface area contributed by atoms with Crippen LogP contribution < -0.4 is 10.1 Å². The molecular weight excluding hydrogens is 264 g/mol. The molecule has 1 aliphatic carbocycles. The van der Waals surface area contributed by atoms with Gasteiger partial charge in [0.05, 0.1) is 32.9 Å². The lowest BCUT2D eigenvalue weighted by atomic mass is 10.1. The molecule has 21 heavy (non-hydrogen) atoms. The molecule has 1 aliphatic rings. The molecule has 1 amide bonds. The number of carbonyl (C=O) groups excluding carboxylic acids is 1. The molecule has 0 unspecified atom stereocenters. The van der Waals surface area contributed by atoms with E-state index in [1.54, 1.807) is 7.11 Å². The number of ether oxygens (including phenoxy) is 1. The summed E-state index contributed by atoms with van der Waals surface area (Å²) in [6.07, 6.45) is 5.04. The van der Waals surface area contributed by atoms with Crippen LogP contribution >= 0.6 is 0 Å². The molecule has 1 aromatic carbocycles. The molecule has 4 heteroatoms. The molecule has 0 saturated heterocycles. The number of hydrogen-bond donors (Lipinski definition) is 1. The van der Waals surface area contributed by atoms with E-state index in [2.05, 4.69) is 19.4 Å². The number of aryl methyl sites for hydroxylation is 1. The van der Waals surface area contributed by atoms with Gasteiger partial charge in [0.2, 0.25) is 0 Å². The number of rotatable bonds is 5. The Kier molecular flexibility index (Phi) is 4.88. The lowest BCUT2D eigenvalue weighted by molar-refractivity contribution is -0.906. The molecule has 0 spiro atoms. The topological polar surface area (TPSA) is 38.3 Å². The molecule has 4 nitrogen and oxygen atoms in total. The predicted octanol–water partition coefficient (Wildman–Crippen LogP) is 2.96. The van der Waals surface area contributed by atoms with Crippen LogP contribution in [0.5, 0.6) is 5.75 Å². The molecular formula is C17H27N2O2+. The number of anilines is 1. The van der Waals surface area contributed by atoms with Crippen molar-refractivity contribution in [2.75, 3.05) is 33.1 Å². The quantitative estimate of drug-likeness (QED) is 0.847. The Morgan fingerprint density at radius 1 is 1.33 bits per heavy atom. The maximum Gasteiger partial charge on any atom is 0.279 e. The highest BCUT2D eigenvalue weighted by molar-refractivity contribution is 5.93. The van der Waals surface area contributed by atoms with Gasteiger partial charge in [-0.1, -0.05) is 6.07 Å². The zero-order valence-electron chi connectivity index (χ0n) is 13.6. The van der Waals surface area contributed by atoms with Crippen LogP contribution in [0.1, 0.15) is 31.2 Å². The van der Waals surface area contributed by atoms with Gasteiger partial charge >= 0.3 is 0 Å². The third-order valence-electron chi connectivity index (χ3n) is 4.49. The second-order valence-electron chi connectivity index (χ2n) is 6.63. The van der Waals surface area contributed by atoms with E-state index < -0.39 is 0 Å². The number of likely N-dealkylation sites (N-methyl/N-ethyl adjacent to an activating group) is 1. The largest absolute Gasteiger partial charge is 0.495 e. The lowest BCUT2D eigenvalue weighted by Crippen LogP contribution is -2.51. The van der Waals surface area contributed by atoms with Gasteiger partial charge in [0.1, 0.15) is 5.75 Å². The average molecular weight is 291 g/mol. The Labute approximate surface area is 127 Å². The highest BCUT2D eigenvalue weighted by Crippen LogP contribution is 2.28. The molecule has 1 N–H and O–H groups in total. The number of benzene rings is 1. The zero-order chi connectivity index (χ0) is 15.5. The number of methoxy groups -OCH3 is 1. The van der Waals surface area contributed by atoms with Crippen LogP contribution in [0.15, 0.2) is 18.2 Å². The van der Waals surface area contributed by atoms with Crippen LogP contribution in [0, 0.1) is 6.92 Å². The molecule has 1 saturated carbocycles. The number of nitrogens with zero attached hydrogens (tertiary/aromatic N) is 1. The Morgan fingerprint density at radius 3 is 2.62 bits per heavy atom. The monoisotopic (exact) mass is 291 g/mol. The second-order valence-corrected chi connectivity index (χ2v) is 6.63. The summed E-state index contributed by atoms with van der Waals surface area (Å²) in [6, 6.07) is 6.43. The maximum absolute atomic E-state index is 12.4. The number of hydrogen-bond acceptors (Lipinski definition) is 2. The highest BCUT2D eigenvalue weighted by Gasteiger charge is 2.33. The third kappa shape index (κ3) is 3.97. The predicted molar refractivity (Wildman–Crippen MR) is 85.6 cm³/mol. The third-order valence-corrected chi connectivity index (χ3v) is 4.49. The number of nitrogens with one attached hydrogen (secondary N) is 1. The van der Waals surface area contributed by atoms with E-state index in [9.17, 15) is 4.79 Å². The van der Waals surface area contributed by atoms with E-state index in [1.807, 2.05) is 25.1 Å². The van der Waals surface area contributed by atoms with Gasteiger partial charge in [-0.15, -0.1) is 0 Å². The fourth-order valence-corrected chi connectivity index (χ4v) is 3.21. The van der Waals surface area contributed by atoms with Crippen molar-refractivity contribution in [3.63, 3.8) is 0 Å². The summed E-state index contributed by atoms with van der Waals surface area (Å²) in [5, 5.41) is 3.00. The highest BCUT2D eigenvalue weighted by atomic mass is 16.5. The second kappa shape index (κ2) is 6.48. The van der Waals surface area contributed by atoms with Crippen molar-refractivity contribution >= 4 is 11.6 Å². The zero-order valence-corrected chi connectivity index (χ0v) is 13.6. The van der Waals surface area contributed by atoms with Gasteiger partial charge in [0.15, 0.2) is 6.54 Å². The van der Waals surface area contributed by atoms with E-state index in [4.69, 9.17) is 4.74 Å². The van der Waals surface area contributed by atoms with Gasteiger partial charge in [0.25, 0.3) is 5.91 Å². The molecule has 0 atom stereocenters. The van der Waals surface area contributed by atoms with Crippen molar-refractivity contribution in [1.82, 2.24) is 0 Å². The first-order valence-electron chi connectivity index (χ1n) is 7.69. The van der Waals surface area contributed by atoms with E-state index in [-0.39, 0.29) is 5.91 Å². The minimum atomic E-state index is 0.0517. The van der Waals surface area contributed by atoms with Crippen LogP contribution in [0.25, 0.3) is 0 Å². The van der Waals surface area contributed by atoms with E-state index in [0.29, 0.717) is 18.3 Å². The van der Waals surface area contributed by atoms with Crippen molar-refractivity contribution in [2.45, 2.75) is 38.6 Å². The fraction of sp³-hybridized carbons (Fsp3) is 0.588. The first-order chi connectivity index (χ1) is 9.92. The number of carbonyl (C=O) groups is 1. The van der Waals surface area contributed by atoms with Crippen molar-refractivity contribution in [2.24, 2.45) is 0 Å². The Morgan fingerprint density at radius 2 is 2.00 bits per heavy atom. The van der Waals surface area contributed by atoms with Crippen LogP contribution in [-0.4, -0.2) is 44.2 Å². The van der Waals surface area contributed by atoms with E-state index >= 15 is 0 Å². The summed E-state index contributed by atoms with van der Waals surface area (Å²) in [5.74, 6) is 0.760. The van der Waals surface area contributed by atoms with Crippen LogP contribution in [-0.2, 0) is 4.79 Å². The standard InChI is InChI=1S/C17H26N2O2/c1-13-9-10-16(21-4)15(11-13)18-17(20)12-19(2,3)14-7-5-6-8-14/h9-11,14H,5-8,12H2,1-4H3/p+1. The van der Waals surface area contributed by atoms with E-state index in [1.165, 1.54) is 25.7 Å². The molecule has 0 radical (unpaired) electrons. The van der Waals surface area contributed by atoms with Crippen molar-refractivity contribution < 1.29 is 14.0 Å². The fourth-order valence-electron chi connectivity index (χ4n) is 3.21. The van der Waals surface area contributed by atoms with Gasteiger partial charge in [0, 0.05) is 0 Å². The molecule has 2 rings (SSSR count). The van der Waals surface area contributed by atoms with Crippen molar-refractivity contribution in [1.29, 1.82) is 0 Å². The maximum atomic E-state index is 12.4. The molecule has 1 fully saturated rings. The normalized spacial score (nSPS) is 16.0. The minimum absolute atomic E-state index is 0.0517. The smallest absolute Gasteiger partial charge is 0.279 e. The van der Waals surface area contributed by atoms with Gasteiger partial charge in [-0.3, -0.25) is 4.79 Å². The summed E-state index contributed by atoms with van der Waals surface area (Å²) in [4.78, 5) is 12.4. The summed E-state index contributed by atoms with van der Waals surface area (Å²) < 4.78 is 6.08. The van der Waals surface area contributed by atoms with Crippen LogP contribution in [0.2, 0.25) is 0 Å². The van der Waals surface area contributed by atoms with Gasteiger partial charge in [-0.2, -0.15) is 0 Å². The molecule has 0 heterocycles. The minimum Gasteiger partial charge on any atom is -0.495 e. The van der Waals surface area contributed by atoms with E-state index in [0.717, 1.165) is 15.7 Å². The Balaban J connectivity index is 2.02. The van der Waals surface area contributed by atoms with Crippen LogP contribution in [0.3, 0.4) is 0 Å².